The molecule has 1 aromatic carbocycles. The Morgan fingerprint density at radius 3 is 2.72 bits per heavy atom. The van der Waals surface area contributed by atoms with Crippen molar-refractivity contribution in [2.75, 3.05) is 32.8 Å². The number of ether oxygens (including phenoxy) is 1. The van der Waals surface area contributed by atoms with Crippen molar-refractivity contribution in [3.05, 3.63) is 40.7 Å². The smallest absolute Gasteiger partial charge is 0.276 e. The first-order chi connectivity index (χ1) is 14.2. The molecule has 3 aliphatic heterocycles. The molecular formula is C22H29N5O2. The Kier molecular flexibility index (Phi) is 5.09. The predicted octanol–water partition coefficient (Wildman–Crippen LogP) is 2.35. The lowest BCUT2D eigenvalue weighted by Crippen LogP contribution is -2.42. The van der Waals surface area contributed by atoms with E-state index in [-0.39, 0.29) is 5.91 Å². The van der Waals surface area contributed by atoms with E-state index in [2.05, 4.69) is 33.4 Å². The zero-order valence-corrected chi connectivity index (χ0v) is 17.1. The summed E-state index contributed by atoms with van der Waals surface area (Å²) < 4.78 is 7.40. The second kappa shape index (κ2) is 7.88. The van der Waals surface area contributed by atoms with Gasteiger partial charge in [0.2, 0.25) is 0 Å². The summed E-state index contributed by atoms with van der Waals surface area (Å²) in [6.45, 7) is 7.39. The third kappa shape index (κ3) is 3.46. The SMILES string of the molecule is Cc1c(C(=O)N2CCCC2)nnn1-c1cccc2c1CCN(C1CCOCC1)C2. The molecule has 0 saturated carbocycles. The molecule has 2 fully saturated rings. The third-order valence-corrected chi connectivity index (χ3v) is 6.70. The molecule has 1 amide bonds. The van der Waals surface area contributed by atoms with Gasteiger partial charge in [-0.15, -0.1) is 5.10 Å². The van der Waals surface area contributed by atoms with Crippen LogP contribution >= 0.6 is 0 Å². The quantitative estimate of drug-likeness (QED) is 0.798. The minimum atomic E-state index is 0.0155. The molecule has 0 N–H and O–H groups in total. The van der Waals surface area contributed by atoms with Gasteiger partial charge < -0.3 is 9.64 Å². The Hall–Kier alpha value is -2.25. The van der Waals surface area contributed by atoms with Gasteiger partial charge >= 0.3 is 0 Å². The maximum Gasteiger partial charge on any atom is 0.276 e. The van der Waals surface area contributed by atoms with Crippen LogP contribution in [0.1, 0.15) is 53.0 Å². The first-order valence-corrected chi connectivity index (χ1v) is 10.9. The molecule has 0 radical (unpaired) electrons. The Bertz CT molecular complexity index is 897. The molecule has 4 heterocycles. The number of fused-ring (bicyclic) bond motifs is 1. The van der Waals surface area contributed by atoms with Crippen LogP contribution in [-0.4, -0.2) is 69.6 Å². The van der Waals surface area contributed by atoms with Gasteiger partial charge in [0, 0.05) is 45.4 Å². The van der Waals surface area contributed by atoms with Gasteiger partial charge in [-0.25, -0.2) is 4.68 Å². The van der Waals surface area contributed by atoms with Crippen molar-refractivity contribution in [3.8, 4) is 5.69 Å². The minimum absolute atomic E-state index is 0.0155. The van der Waals surface area contributed by atoms with Crippen molar-refractivity contribution in [2.45, 2.75) is 51.6 Å². The Morgan fingerprint density at radius 1 is 1.14 bits per heavy atom. The third-order valence-electron chi connectivity index (χ3n) is 6.70. The Labute approximate surface area is 171 Å². The van der Waals surface area contributed by atoms with Gasteiger partial charge in [0.05, 0.1) is 11.4 Å². The molecule has 29 heavy (non-hydrogen) atoms. The van der Waals surface area contributed by atoms with Crippen molar-refractivity contribution >= 4 is 5.91 Å². The average molecular weight is 396 g/mol. The highest BCUT2D eigenvalue weighted by atomic mass is 16.5. The average Bonchev–Trinajstić information content (AvgIpc) is 3.43. The van der Waals surface area contributed by atoms with Crippen molar-refractivity contribution in [1.29, 1.82) is 0 Å². The molecule has 0 bridgehead atoms. The van der Waals surface area contributed by atoms with Crippen LogP contribution in [-0.2, 0) is 17.7 Å². The van der Waals surface area contributed by atoms with E-state index in [4.69, 9.17) is 4.74 Å². The number of benzene rings is 1. The number of carbonyl (C=O) groups is 1. The number of hydrogen-bond acceptors (Lipinski definition) is 5. The highest BCUT2D eigenvalue weighted by Gasteiger charge is 2.29. The van der Waals surface area contributed by atoms with E-state index in [1.165, 1.54) is 11.1 Å². The van der Waals surface area contributed by atoms with Crippen molar-refractivity contribution < 1.29 is 9.53 Å². The summed E-state index contributed by atoms with van der Waals surface area (Å²) in [6.07, 6.45) is 5.40. The fourth-order valence-electron chi connectivity index (χ4n) is 5.00. The van der Waals surface area contributed by atoms with E-state index in [9.17, 15) is 4.79 Å². The molecule has 7 heteroatoms. The highest BCUT2D eigenvalue weighted by molar-refractivity contribution is 5.93. The lowest BCUT2D eigenvalue weighted by atomic mass is 9.95. The summed E-state index contributed by atoms with van der Waals surface area (Å²) in [7, 11) is 0. The second-order valence-electron chi connectivity index (χ2n) is 8.41. The lowest BCUT2D eigenvalue weighted by molar-refractivity contribution is 0.0290. The van der Waals surface area contributed by atoms with Crippen LogP contribution < -0.4 is 0 Å². The molecule has 1 aromatic heterocycles. The standard InChI is InChI=1S/C22H29N5O2/c1-16-21(22(28)25-10-2-3-11-25)23-24-27(16)20-6-4-5-17-15-26(12-7-19(17)20)18-8-13-29-14-9-18/h4-6,18H,2-3,7-15H2,1H3. The van der Waals surface area contributed by atoms with Crippen LogP contribution in [0.5, 0.6) is 0 Å². The van der Waals surface area contributed by atoms with Gasteiger partial charge in [-0.3, -0.25) is 9.69 Å². The summed E-state index contributed by atoms with van der Waals surface area (Å²) in [5, 5.41) is 8.66. The van der Waals surface area contributed by atoms with Gasteiger partial charge in [0.15, 0.2) is 5.69 Å². The fourth-order valence-corrected chi connectivity index (χ4v) is 5.00. The topological polar surface area (TPSA) is 63.5 Å². The van der Waals surface area contributed by atoms with Crippen molar-refractivity contribution in [1.82, 2.24) is 24.8 Å². The van der Waals surface area contributed by atoms with E-state index >= 15 is 0 Å². The van der Waals surface area contributed by atoms with Gasteiger partial charge in [-0.2, -0.15) is 0 Å². The summed E-state index contributed by atoms with van der Waals surface area (Å²) in [6, 6.07) is 7.06. The van der Waals surface area contributed by atoms with E-state index in [0.717, 1.165) is 82.9 Å². The van der Waals surface area contributed by atoms with Gasteiger partial charge in [0.25, 0.3) is 5.91 Å². The fraction of sp³-hybridized carbons (Fsp3) is 0.591. The van der Waals surface area contributed by atoms with Crippen molar-refractivity contribution in [3.63, 3.8) is 0 Å². The number of carbonyl (C=O) groups excluding carboxylic acids is 1. The molecule has 0 atom stereocenters. The predicted molar refractivity (Wildman–Crippen MR) is 109 cm³/mol. The number of likely N-dealkylation sites (tertiary alicyclic amines) is 1. The number of nitrogens with zero attached hydrogens (tertiary/aromatic N) is 5. The summed E-state index contributed by atoms with van der Waals surface area (Å²) >= 11 is 0. The molecule has 2 aromatic rings. The Balaban J connectivity index is 1.41. The maximum absolute atomic E-state index is 12.8. The molecule has 0 unspecified atom stereocenters. The molecule has 2 saturated heterocycles. The first kappa shape index (κ1) is 18.8. The van der Waals surface area contributed by atoms with Crippen LogP contribution in [0.25, 0.3) is 5.69 Å². The van der Waals surface area contributed by atoms with Crippen LogP contribution in [0.2, 0.25) is 0 Å². The van der Waals surface area contributed by atoms with Crippen LogP contribution in [0, 0.1) is 6.92 Å². The normalized spacial score (nSPS) is 20.8. The van der Waals surface area contributed by atoms with E-state index in [0.29, 0.717) is 11.7 Å². The second-order valence-corrected chi connectivity index (χ2v) is 8.41. The molecule has 154 valence electrons. The minimum Gasteiger partial charge on any atom is -0.381 e. The van der Waals surface area contributed by atoms with Crippen molar-refractivity contribution in [2.24, 2.45) is 0 Å². The van der Waals surface area contributed by atoms with Crippen LogP contribution in [0.15, 0.2) is 18.2 Å². The number of hydrogen-bond donors (Lipinski definition) is 0. The number of aromatic nitrogens is 3. The zero-order valence-electron chi connectivity index (χ0n) is 17.1. The highest BCUT2D eigenvalue weighted by Crippen LogP contribution is 2.29. The van der Waals surface area contributed by atoms with E-state index in [1.54, 1.807) is 0 Å². The number of amides is 1. The Morgan fingerprint density at radius 2 is 1.93 bits per heavy atom. The first-order valence-electron chi connectivity index (χ1n) is 10.9. The van der Waals surface area contributed by atoms with Crippen LogP contribution in [0.4, 0.5) is 0 Å². The van der Waals surface area contributed by atoms with Gasteiger partial charge in [-0.1, -0.05) is 17.3 Å². The van der Waals surface area contributed by atoms with Gasteiger partial charge in [-0.05, 0) is 56.2 Å². The molecular weight excluding hydrogens is 366 g/mol. The molecule has 3 aliphatic rings. The van der Waals surface area contributed by atoms with E-state index in [1.807, 2.05) is 16.5 Å². The zero-order chi connectivity index (χ0) is 19.8. The largest absolute Gasteiger partial charge is 0.381 e. The molecule has 5 rings (SSSR count). The van der Waals surface area contributed by atoms with Crippen LogP contribution in [0.3, 0.4) is 0 Å². The monoisotopic (exact) mass is 395 g/mol. The number of rotatable bonds is 3. The summed E-state index contributed by atoms with van der Waals surface area (Å²) in [5.41, 5.74) is 5.09. The summed E-state index contributed by atoms with van der Waals surface area (Å²) in [5.74, 6) is 0.0155. The molecule has 7 nitrogen and oxygen atoms in total. The summed E-state index contributed by atoms with van der Waals surface area (Å²) in [4.78, 5) is 17.3. The maximum atomic E-state index is 12.8. The van der Waals surface area contributed by atoms with Gasteiger partial charge in [0.1, 0.15) is 0 Å². The molecule has 0 aliphatic carbocycles. The molecule has 0 spiro atoms. The van der Waals surface area contributed by atoms with E-state index < -0.39 is 0 Å². The lowest BCUT2D eigenvalue weighted by Gasteiger charge is -2.38.